The van der Waals surface area contributed by atoms with E-state index in [2.05, 4.69) is 64.6 Å². The van der Waals surface area contributed by atoms with Crippen LogP contribution >= 0.6 is 11.8 Å². The summed E-state index contributed by atoms with van der Waals surface area (Å²) >= 11 is 1.39. The Balaban J connectivity index is 1.39. The molecule has 0 radical (unpaired) electrons. The van der Waals surface area contributed by atoms with Crippen molar-refractivity contribution >= 4 is 29.0 Å². The number of thioether (sulfide) groups is 1. The van der Waals surface area contributed by atoms with Gasteiger partial charge in [0.2, 0.25) is 5.91 Å². The van der Waals surface area contributed by atoms with Crippen LogP contribution in [0, 0.1) is 20.8 Å². The van der Waals surface area contributed by atoms with E-state index in [1.807, 2.05) is 17.6 Å². The molecule has 156 valence electrons. The fraction of sp³-hybridized carbons (Fsp3) is 0.348. The van der Waals surface area contributed by atoms with Gasteiger partial charge in [0.05, 0.1) is 11.4 Å². The van der Waals surface area contributed by atoms with Crippen LogP contribution in [0.15, 0.2) is 47.9 Å². The van der Waals surface area contributed by atoms with E-state index >= 15 is 0 Å². The first kappa shape index (κ1) is 20.5. The van der Waals surface area contributed by atoms with Crippen LogP contribution in [-0.4, -0.2) is 39.5 Å². The lowest BCUT2D eigenvalue weighted by Gasteiger charge is -2.19. The van der Waals surface area contributed by atoms with Gasteiger partial charge in [0.25, 0.3) is 0 Å². The Morgan fingerprint density at radius 2 is 1.87 bits per heavy atom. The quantitative estimate of drug-likeness (QED) is 0.593. The zero-order valence-corrected chi connectivity index (χ0v) is 18.5. The Bertz CT molecular complexity index is 1060. The molecule has 1 aliphatic rings. The highest BCUT2D eigenvalue weighted by molar-refractivity contribution is 7.99. The molecule has 1 N–H and O–H groups in total. The van der Waals surface area contributed by atoms with Gasteiger partial charge < -0.3 is 10.2 Å². The van der Waals surface area contributed by atoms with Gasteiger partial charge in [0.15, 0.2) is 5.16 Å². The molecule has 0 atom stereocenters. The fourth-order valence-electron chi connectivity index (χ4n) is 3.84. The second kappa shape index (κ2) is 8.92. The van der Waals surface area contributed by atoms with Crippen LogP contribution in [0.3, 0.4) is 0 Å². The van der Waals surface area contributed by atoms with E-state index in [4.69, 9.17) is 0 Å². The molecule has 7 heteroatoms. The van der Waals surface area contributed by atoms with E-state index in [0.29, 0.717) is 5.16 Å². The van der Waals surface area contributed by atoms with Gasteiger partial charge in [-0.05, 0) is 69.0 Å². The zero-order chi connectivity index (χ0) is 21.1. The van der Waals surface area contributed by atoms with Crippen molar-refractivity contribution in [3.8, 4) is 5.69 Å². The van der Waals surface area contributed by atoms with Gasteiger partial charge in [-0.1, -0.05) is 29.5 Å². The molecule has 2 heterocycles. The Morgan fingerprint density at radius 3 is 2.60 bits per heavy atom. The topological polar surface area (TPSA) is 63.1 Å². The van der Waals surface area contributed by atoms with Gasteiger partial charge in [-0.25, -0.2) is 0 Å². The summed E-state index contributed by atoms with van der Waals surface area (Å²) in [5.41, 5.74) is 6.57. The first-order chi connectivity index (χ1) is 14.5. The molecule has 1 amide bonds. The summed E-state index contributed by atoms with van der Waals surface area (Å²) in [6, 6.07) is 12.5. The second-order valence-corrected chi connectivity index (χ2v) is 8.75. The van der Waals surface area contributed by atoms with Crippen LogP contribution in [0.4, 0.5) is 11.4 Å². The summed E-state index contributed by atoms with van der Waals surface area (Å²) in [6.45, 7) is 8.41. The normalized spacial score (nSPS) is 13.6. The molecule has 0 bridgehead atoms. The Labute approximate surface area is 181 Å². The summed E-state index contributed by atoms with van der Waals surface area (Å²) in [7, 11) is 0. The van der Waals surface area contributed by atoms with Gasteiger partial charge in [0.1, 0.15) is 6.33 Å². The lowest BCUT2D eigenvalue weighted by atomic mass is 10.1. The van der Waals surface area contributed by atoms with Crippen molar-refractivity contribution in [2.24, 2.45) is 0 Å². The van der Waals surface area contributed by atoms with Crippen molar-refractivity contribution in [3.05, 3.63) is 59.4 Å². The Morgan fingerprint density at radius 1 is 1.07 bits per heavy atom. The van der Waals surface area contributed by atoms with E-state index in [1.54, 1.807) is 6.33 Å². The minimum absolute atomic E-state index is 0.0489. The predicted molar refractivity (Wildman–Crippen MR) is 123 cm³/mol. The van der Waals surface area contributed by atoms with Crippen LogP contribution < -0.4 is 10.2 Å². The molecule has 0 unspecified atom stereocenters. The number of anilines is 2. The van der Waals surface area contributed by atoms with E-state index in [9.17, 15) is 4.79 Å². The van der Waals surface area contributed by atoms with Crippen molar-refractivity contribution in [1.29, 1.82) is 0 Å². The summed E-state index contributed by atoms with van der Waals surface area (Å²) < 4.78 is 1.93. The molecule has 2 aromatic carbocycles. The molecular weight excluding hydrogens is 394 g/mol. The second-order valence-electron chi connectivity index (χ2n) is 7.80. The third-order valence-corrected chi connectivity index (χ3v) is 6.36. The number of rotatable bonds is 6. The van der Waals surface area contributed by atoms with Crippen LogP contribution in [-0.2, 0) is 4.79 Å². The highest BCUT2D eigenvalue weighted by Gasteiger charge is 2.15. The number of amides is 1. The number of benzene rings is 2. The molecule has 1 aromatic heterocycles. The largest absolute Gasteiger partial charge is 0.372 e. The number of nitrogens with one attached hydrogen (secondary N) is 1. The third-order valence-electron chi connectivity index (χ3n) is 5.42. The van der Waals surface area contributed by atoms with Gasteiger partial charge in [0, 0.05) is 24.5 Å². The number of nitrogens with zero attached hydrogens (tertiary/aromatic N) is 4. The maximum Gasteiger partial charge on any atom is 0.234 e. The van der Waals surface area contributed by atoms with Crippen molar-refractivity contribution < 1.29 is 4.79 Å². The molecular formula is C23H27N5OS. The maximum atomic E-state index is 12.6. The highest BCUT2D eigenvalue weighted by Crippen LogP contribution is 2.26. The summed E-state index contributed by atoms with van der Waals surface area (Å²) in [5, 5.41) is 12.0. The Kier molecular flexibility index (Phi) is 6.08. The number of aryl methyl sites for hydroxylation is 3. The first-order valence-corrected chi connectivity index (χ1v) is 11.3. The van der Waals surface area contributed by atoms with Crippen molar-refractivity contribution in [3.63, 3.8) is 0 Å². The minimum atomic E-state index is -0.0489. The fourth-order valence-corrected chi connectivity index (χ4v) is 4.56. The molecule has 0 saturated carbocycles. The number of carbonyl (C=O) groups excluding carboxylic acids is 1. The molecule has 0 aliphatic carbocycles. The zero-order valence-electron chi connectivity index (χ0n) is 17.7. The lowest BCUT2D eigenvalue weighted by molar-refractivity contribution is -0.113. The lowest BCUT2D eigenvalue weighted by Crippen LogP contribution is -2.18. The molecule has 3 aromatic rings. The molecule has 4 rings (SSSR count). The van der Waals surface area contributed by atoms with Gasteiger partial charge in [-0.2, -0.15) is 0 Å². The molecule has 1 saturated heterocycles. The summed E-state index contributed by atoms with van der Waals surface area (Å²) in [6.07, 6.45) is 4.20. The molecule has 6 nitrogen and oxygen atoms in total. The molecule has 30 heavy (non-hydrogen) atoms. The van der Waals surface area contributed by atoms with Gasteiger partial charge >= 0.3 is 0 Å². The van der Waals surface area contributed by atoms with Crippen molar-refractivity contribution in [2.45, 2.75) is 38.8 Å². The number of aromatic nitrogens is 3. The minimum Gasteiger partial charge on any atom is -0.372 e. The van der Waals surface area contributed by atoms with E-state index in [0.717, 1.165) is 35.6 Å². The van der Waals surface area contributed by atoms with Crippen LogP contribution in [0.25, 0.3) is 5.69 Å². The smallest absolute Gasteiger partial charge is 0.234 e. The standard InChI is InChI=1S/C23H27N5OS/c1-16-6-9-21(18(3)12-16)28-15-24-26-23(28)30-14-22(29)25-20-8-7-19(13-17(20)2)27-10-4-5-11-27/h6-9,12-13,15H,4-5,10-11,14H2,1-3H3,(H,25,29). The van der Waals surface area contributed by atoms with E-state index in [1.165, 1.54) is 35.9 Å². The van der Waals surface area contributed by atoms with E-state index < -0.39 is 0 Å². The number of hydrogen-bond donors (Lipinski definition) is 1. The third kappa shape index (κ3) is 4.51. The van der Waals surface area contributed by atoms with Crippen LogP contribution in [0.2, 0.25) is 0 Å². The summed E-state index contributed by atoms with van der Waals surface area (Å²) in [5.74, 6) is 0.226. The van der Waals surface area contributed by atoms with Gasteiger partial charge in [-0.3, -0.25) is 9.36 Å². The number of hydrogen-bond acceptors (Lipinski definition) is 5. The first-order valence-electron chi connectivity index (χ1n) is 10.3. The average Bonchev–Trinajstić information content (AvgIpc) is 3.40. The SMILES string of the molecule is Cc1ccc(-n2cnnc2SCC(=O)Nc2ccc(N3CCCC3)cc2C)c(C)c1. The highest BCUT2D eigenvalue weighted by atomic mass is 32.2. The van der Waals surface area contributed by atoms with Crippen molar-refractivity contribution in [1.82, 2.24) is 14.8 Å². The van der Waals surface area contributed by atoms with Crippen LogP contribution in [0.1, 0.15) is 29.5 Å². The van der Waals surface area contributed by atoms with Crippen LogP contribution in [0.5, 0.6) is 0 Å². The molecule has 1 aliphatic heterocycles. The maximum absolute atomic E-state index is 12.6. The summed E-state index contributed by atoms with van der Waals surface area (Å²) in [4.78, 5) is 15.0. The predicted octanol–water partition coefficient (Wildman–Crippen LogP) is 4.52. The van der Waals surface area contributed by atoms with Gasteiger partial charge in [-0.15, -0.1) is 10.2 Å². The monoisotopic (exact) mass is 421 g/mol. The average molecular weight is 422 g/mol. The number of carbonyl (C=O) groups is 1. The van der Waals surface area contributed by atoms with E-state index in [-0.39, 0.29) is 11.7 Å². The Hall–Kier alpha value is -2.80. The molecule has 0 spiro atoms. The molecule has 1 fully saturated rings. The van der Waals surface area contributed by atoms with Crippen molar-refractivity contribution in [2.75, 3.05) is 29.1 Å².